The topological polar surface area (TPSA) is 45.7 Å². The number of aromatic nitrogens is 1. The predicted octanol–water partition coefficient (Wildman–Crippen LogP) is 2.61. The number of methoxy groups -OCH3 is 1. The number of ether oxygens (including phenoxy) is 1. The molecule has 2 rings (SSSR count). The van der Waals surface area contributed by atoms with Gasteiger partial charge < -0.3 is 9.64 Å². The van der Waals surface area contributed by atoms with Crippen LogP contribution in [0.4, 0.5) is 0 Å². The maximum atomic E-state index is 12.6. The van der Waals surface area contributed by atoms with Crippen molar-refractivity contribution in [2.75, 3.05) is 34.4 Å². The van der Waals surface area contributed by atoms with E-state index >= 15 is 0 Å². The Balaban J connectivity index is 1.93. The van der Waals surface area contributed by atoms with Crippen LogP contribution in [-0.4, -0.2) is 61.1 Å². The number of nitrogens with zero attached hydrogens (tertiary/aromatic N) is 3. The first-order chi connectivity index (χ1) is 11.0. The quantitative estimate of drug-likeness (QED) is 0.696. The molecule has 126 valence electrons. The van der Waals surface area contributed by atoms with Crippen LogP contribution in [0, 0.1) is 0 Å². The maximum Gasteiger partial charge on any atom is 0.239 e. The number of likely N-dealkylation sites (N-methyl/N-ethyl adjacent to an activating group) is 2. The molecule has 0 bridgehead atoms. The standard InChI is InChI=1S/C17H25N3O2S/c1-13(19(2)10-7-11-22-4)17(21)20(3)12-16-18-14-8-5-6-9-15(14)23-16/h5-6,8-9,13H,7,10-12H2,1-4H3. The van der Waals surface area contributed by atoms with Crippen LogP contribution in [0.2, 0.25) is 0 Å². The third-order valence-corrected chi connectivity index (χ3v) is 4.99. The largest absolute Gasteiger partial charge is 0.385 e. The summed E-state index contributed by atoms with van der Waals surface area (Å²) in [6.45, 7) is 4.06. The van der Waals surface area contributed by atoms with E-state index in [1.807, 2.05) is 39.2 Å². The molecule has 0 saturated carbocycles. The fourth-order valence-electron chi connectivity index (χ4n) is 2.43. The first-order valence-electron chi connectivity index (χ1n) is 7.81. The summed E-state index contributed by atoms with van der Waals surface area (Å²) in [6, 6.07) is 7.91. The molecule has 2 aromatic rings. The van der Waals surface area contributed by atoms with Crippen molar-refractivity contribution in [1.82, 2.24) is 14.8 Å². The van der Waals surface area contributed by atoms with Crippen LogP contribution in [-0.2, 0) is 16.1 Å². The van der Waals surface area contributed by atoms with Crippen molar-refractivity contribution >= 4 is 27.5 Å². The zero-order chi connectivity index (χ0) is 16.8. The molecule has 0 fully saturated rings. The number of para-hydroxylation sites is 1. The average Bonchev–Trinajstić information content (AvgIpc) is 2.95. The van der Waals surface area contributed by atoms with Gasteiger partial charge in [0, 0.05) is 27.3 Å². The van der Waals surface area contributed by atoms with E-state index in [1.54, 1.807) is 23.3 Å². The van der Waals surface area contributed by atoms with Gasteiger partial charge in [0.15, 0.2) is 0 Å². The lowest BCUT2D eigenvalue weighted by molar-refractivity contribution is -0.135. The van der Waals surface area contributed by atoms with Crippen molar-refractivity contribution in [3.05, 3.63) is 29.3 Å². The van der Waals surface area contributed by atoms with Crippen LogP contribution in [0.5, 0.6) is 0 Å². The lowest BCUT2D eigenvalue weighted by Gasteiger charge is -2.27. The monoisotopic (exact) mass is 335 g/mol. The van der Waals surface area contributed by atoms with Gasteiger partial charge in [-0.3, -0.25) is 9.69 Å². The third kappa shape index (κ3) is 4.73. The number of hydrogen-bond acceptors (Lipinski definition) is 5. The number of amides is 1. The summed E-state index contributed by atoms with van der Waals surface area (Å²) in [5.74, 6) is 0.115. The lowest BCUT2D eigenvalue weighted by atomic mass is 10.2. The van der Waals surface area contributed by atoms with E-state index in [4.69, 9.17) is 4.74 Å². The number of rotatable bonds is 8. The van der Waals surface area contributed by atoms with Crippen molar-refractivity contribution in [1.29, 1.82) is 0 Å². The second-order valence-electron chi connectivity index (χ2n) is 5.77. The summed E-state index contributed by atoms with van der Waals surface area (Å²) in [5, 5.41) is 0.969. The van der Waals surface area contributed by atoms with E-state index in [0.29, 0.717) is 13.2 Å². The normalized spacial score (nSPS) is 12.7. The lowest BCUT2D eigenvalue weighted by Crippen LogP contribution is -2.44. The first kappa shape index (κ1) is 17.8. The molecular weight excluding hydrogens is 310 g/mol. The van der Waals surface area contributed by atoms with Crippen molar-refractivity contribution in [2.24, 2.45) is 0 Å². The SMILES string of the molecule is COCCCN(C)C(C)C(=O)N(C)Cc1nc2ccccc2s1. The Bertz CT molecular complexity index is 611. The number of carbonyl (C=O) groups is 1. The predicted molar refractivity (Wildman–Crippen MR) is 94.7 cm³/mol. The molecule has 0 aliphatic heterocycles. The van der Waals surface area contributed by atoms with Crippen LogP contribution < -0.4 is 0 Å². The van der Waals surface area contributed by atoms with Crippen molar-refractivity contribution in [2.45, 2.75) is 25.9 Å². The highest BCUT2D eigenvalue weighted by molar-refractivity contribution is 7.18. The minimum atomic E-state index is -0.147. The van der Waals surface area contributed by atoms with E-state index in [0.717, 1.165) is 28.2 Å². The highest BCUT2D eigenvalue weighted by Crippen LogP contribution is 2.22. The van der Waals surface area contributed by atoms with Gasteiger partial charge in [0.2, 0.25) is 5.91 Å². The Kier molecular flexibility index (Phi) is 6.50. The van der Waals surface area contributed by atoms with E-state index in [2.05, 4.69) is 16.0 Å². The second kappa shape index (κ2) is 8.38. The Morgan fingerprint density at radius 3 is 2.78 bits per heavy atom. The zero-order valence-electron chi connectivity index (χ0n) is 14.3. The molecule has 1 amide bonds. The number of thiazole rings is 1. The van der Waals surface area contributed by atoms with Crippen LogP contribution in [0.25, 0.3) is 10.2 Å². The van der Waals surface area contributed by atoms with Gasteiger partial charge in [0.1, 0.15) is 5.01 Å². The van der Waals surface area contributed by atoms with Crippen molar-refractivity contribution in [3.8, 4) is 0 Å². The van der Waals surface area contributed by atoms with Gasteiger partial charge in [0.25, 0.3) is 0 Å². The molecule has 6 heteroatoms. The minimum absolute atomic E-state index is 0.115. The molecule has 1 aromatic heterocycles. The number of benzene rings is 1. The van der Waals surface area contributed by atoms with Gasteiger partial charge in [-0.2, -0.15) is 0 Å². The van der Waals surface area contributed by atoms with Gasteiger partial charge in [-0.15, -0.1) is 11.3 Å². The summed E-state index contributed by atoms with van der Waals surface area (Å²) in [5.41, 5.74) is 0.998. The highest BCUT2D eigenvalue weighted by Gasteiger charge is 2.22. The van der Waals surface area contributed by atoms with E-state index in [-0.39, 0.29) is 11.9 Å². The molecular formula is C17H25N3O2S. The minimum Gasteiger partial charge on any atom is -0.385 e. The molecule has 1 heterocycles. The van der Waals surface area contributed by atoms with Gasteiger partial charge in [0.05, 0.1) is 22.8 Å². The molecule has 1 unspecified atom stereocenters. The third-order valence-electron chi connectivity index (χ3n) is 3.96. The molecule has 0 spiro atoms. The Labute approximate surface area is 141 Å². The van der Waals surface area contributed by atoms with Gasteiger partial charge >= 0.3 is 0 Å². The molecule has 1 aromatic carbocycles. The van der Waals surface area contributed by atoms with Crippen LogP contribution in [0.3, 0.4) is 0 Å². The van der Waals surface area contributed by atoms with Gasteiger partial charge in [-0.05, 0) is 32.5 Å². The molecule has 23 heavy (non-hydrogen) atoms. The van der Waals surface area contributed by atoms with Crippen LogP contribution >= 0.6 is 11.3 Å². The molecule has 0 saturated heterocycles. The zero-order valence-corrected chi connectivity index (χ0v) is 15.1. The maximum absolute atomic E-state index is 12.6. The van der Waals surface area contributed by atoms with E-state index < -0.39 is 0 Å². The number of carbonyl (C=O) groups excluding carboxylic acids is 1. The second-order valence-corrected chi connectivity index (χ2v) is 6.89. The van der Waals surface area contributed by atoms with E-state index in [9.17, 15) is 4.79 Å². The van der Waals surface area contributed by atoms with Gasteiger partial charge in [-0.1, -0.05) is 12.1 Å². The van der Waals surface area contributed by atoms with E-state index in [1.165, 1.54) is 0 Å². The first-order valence-corrected chi connectivity index (χ1v) is 8.63. The Hall–Kier alpha value is -1.50. The summed E-state index contributed by atoms with van der Waals surface area (Å²) in [7, 11) is 5.51. The fraction of sp³-hybridized carbons (Fsp3) is 0.529. The van der Waals surface area contributed by atoms with Gasteiger partial charge in [-0.25, -0.2) is 4.98 Å². The fourth-order valence-corrected chi connectivity index (χ4v) is 3.45. The summed E-state index contributed by atoms with van der Waals surface area (Å²) in [6.07, 6.45) is 0.923. The molecule has 5 nitrogen and oxygen atoms in total. The molecule has 1 atom stereocenters. The summed E-state index contributed by atoms with van der Waals surface area (Å²) in [4.78, 5) is 21.0. The molecule has 0 N–H and O–H groups in total. The van der Waals surface area contributed by atoms with Crippen LogP contribution in [0.1, 0.15) is 18.4 Å². The smallest absolute Gasteiger partial charge is 0.239 e. The van der Waals surface area contributed by atoms with Crippen molar-refractivity contribution < 1.29 is 9.53 Å². The molecule has 0 radical (unpaired) electrons. The average molecular weight is 335 g/mol. The van der Waals surface area contributed by atoms with Crippen LogP contribution in [0.15, 0.2) is 24.3 Å². The summed E-state index contributed by atoms with van der Waals surface area (Å²) >= 11 is 1.64. The van der Waals surface area contributed by atoms with Crippen molar-refractivity contribution in [3.63, 3.8) is 0 Å². The number of hydrogen-bond donors (Lipinski definition) is 0. The highest BCUT2D eigenvalue weighted by atomic mass is 32.1. The molecule has 0 aliphatic carbocycles. The Morgan fingerprint density at radius 2 is 2.09 bits per heavy atom. The summed E-state index contributed by atoms with van der Waals surface area (Å²) < 4.78 is 6.22. The number of fused-ring (bicyclic) bond motifs is 1. The Morgan fingerprint density at radius 1 is 1.35 bits per heavy atom. The molecule has 0 aliphatic rings.